The summed E-state index contributed by atoms with van der Waals surface area (Å²) >= 11 is 1.64. The van der Waals surface area contributed by atoms with Gasteiger partial charge in [-0.2, -0.15) is 0 Å². The zero-order valence-electron chi connectivity index (χ0n) is 16.9. The van der Waals surface area contributed by atoms with E-state index >= 15 is 0 Å². The molecule has 1 aliphatic rings. The maximum Gasteiger partial charge on any atom is 0.225 e. The van der Waals surface area contributed by atoms with E-state index in [4.69, 9.17) is 9.47 Å². The predicted molar refractivity (Wildman–Crippen MR) is 113 cm³/mol. The fourth-order valence-corrected chi connectivity index (χ4v) is 4.24. The van der Waals surface area contributed by atoms with Crippen LogP contribution in [0.15, 0.2) is 41.8 Å². The van der Waals surface area contributed by atoms with Crippen LogP contribution in [0.5, 0.6) is 5.75 Å². The molecule has 0 radical (unpaired) electrons. The molecule has 7 heteroatoms. The fourth-order valence-electron chi connectivity index (χ4n) is 3.52. The minimum Gasteiger partial charge on any atom is -0.497 e. The molecule has 1 aromatic carbocycles. The van der Waals surface area contributed by atoms with Crippen molar-refractivity contribution in [1.82, 2.24) is 10.2 Å². The molecule has 1 saturated heterocycles. The molecule has 2 aromatic rings. The quantitative estimate of drug-likeness (QED) is 0.679. The van der Waals surface area contributed by atoms with Gasteiger partial charge in [-0.3, -0.25) is 9.59 Å². The Morgan fingerprint density at radius 1 is 1.31 bits per heavy atom. The van der Waals surface area contributed by atoms with Crippen LogP contribution >= 0.6 is 11.3 Å². The molecular weight excluding hydrogens is 388 g/mol. The van der Waals surface area contributed by atoms with Crippen LogP contribution in [-0.4, -0.2) is 43.1 Å². The van der Waals surface area contributed by atoms with Gasteiger partial charge in [-0.15, -0.1) is 11.3 Å². The number of methoxy groups -OCH3 is 1. The lowest BCUT2D eigenvalue weighted by Gasteiger charge is -2.27. The molecule has 29 heavy (non-hydrogen) atoms. The van der Waals surface area contributed by atoms with E-state index in [1.54, 1.807) is 18.4 Å². The highest BCUT2D eigenvalue weighted by molar-refractivity contribution is 7.09. The summed E-state index contributed by atoms with van der Waals surface area (Å²) in [6, 6.07) is 11.1. The van der Waals surface area contributed by atoms with Crippen LogP contribution in [0.25, 0.3) is 0 Å². The van der Waals surface area contributed by atoms with Crippen molar-refractivity contribution in [3.63, 3.8) is 0 Å². The van der Waals surface area contributed by atoms with E-state index in [0.717, 1.165) is 35.6 Å². The van der Waals surface area contributed by atoms with Gasteiger partial charge in [0.05, 0.1) is 32.2 Å². The molecule has 1 N–H and O–H groups in total. The van der Waals surface area contributed by atoms with Crippen molar-refractivity contribution >= 4 is 23.2 Å². The first kappa shape index (κ1) is 21.3. The molecule has 0 bridgehead atoms. The Morgan fingerprint density at radius 2 is 2.10 bits per heavy atom. The molecule has 2 amide bonds. The van der Waals surface area contributed by atoms with Gasteiger partial charge in [-0.25, -0.2) is 0 Å². The van der Waals surface area contributed by atoms with E-state index in [1.165, 1.54) is 6.92 Å². The van der Waals surface area contributed by atoms with Crippen LogP contribution in [0.2, 0.25) is 0 Å². The molecule has 0 saturated carbocycles. The van der Waals surface area contributed by atoms with E-state index in [1.807, 2.05) is 46.7 Å². The van der Waals surface area contributed by atoms with E-state index in [9.17, 15) is 9.59 Å². The standard InChI is InChI=1S/C22H28N2O4S/c1-16(25)23-21(17-7-9-18(27-2)10-8-17)13-22(26)24(14-19-5-3-11-28-19)15-20-6-4-12-29-20/h4,6-10,12,19,21H,3,5,11,13-15H2,1-2H3,(H,23,25). The summed E-state index contributed by atoms with van der Waals surface area (Å²) in [5, 5.41) is 4.93. The van der Waals surface area contributed by atoms with Crippen molar-refractivity contribution in [3.05, 3.63) is 52.2 Å². The first-order valence-corrected chi connectivity index (χ1v) is 10.8. The Balaban J connectivity index is 1.74. The first-order valence-electron chi connectivity index (χ1n) is 9.88. The topological polar surface area (TPSA) is 67.9 Å². The molecule has 6 nitrogen and oxygen atoms in total. The number of rotatable bonds is 9. The summed E-state index contributed by atoms with van der Waals surface area (Å²) in [6.07, 6.45) is 2.29. The fraction of sp³-hybridized carbons (Fsp3) is 0.455. The lowest BCUT2D eigenvalue weighted by molar-refractivity contribution is -0.134. The molecule has 1 fully saturated rings. The minimum absolute atomic E-state index is 0.00321. The number of hydrogen-bond donors (Lipinski definition) is 1. The van der Waals surface area contributed by atoms with Crippen molar-refractivity contribution in [1.29, 1.82) is 0 Å². The largest absolute Gasteiger partial charge is 0.497 e. The Morgan fingerprint density at radius 3 is 2.69 bits per heavy atom. The van der Waals surface area contributed by atoms with Gasteiger partial charge < -0.3 is 19.7 Å². The molecule has 156 valence electrons. The third-order valence-corrected chi connectivity index (χ3v) is 5.86. The summed E-state index contributed by atoms with van der Waals surface area (Å²) in [7, 11) is 1.61. The van der Waals surface area contributed by atoms with Crippen LogP contribution in [-0.2, 0) is 20.9 Å². The van der Waals surface area contributed by atoms with Gasteiger partial charge in [-0.1, -0.05) is 18.2 Å². The summed E-state index contributed by atoms with van der Waals surface area (Å²) in [6.45, 7) is 3.36. The maximum atomic E-state index is 13.2. The van der Waals surface area contributed by atoms with E-state index < -0.39 is 0 Å². The zero-order valence-corrected chi connectivity index (χ0v) is 17.7. The van der Waals surface area contributed by atoms with Gasteiger partial charge in [0.15, 0.2) is 0 Å². The second-order valence-electron chi connectivity index (χ2n) is 7.22. The second-order valence-corrected chi connectivity index (χ2v) is 8.25. The van der Waals surface area contributed by atoms with Crippen LogP contribution in [0.4, 0.5) is 0 Å². The van der Waals surface area contributed by atoms with Gasteiger partial charge in [0.1, 0.15) is 5.75 Å². The normalized spacial score (nSPS) is 17.0. The number of carbonyl (C=O) groups excluding carboxylic acids is 2. The predicted octanol–water partition coefficient (Wildman–Crippen LogP) is 3.53. The number of amides is 2. The monoisotopic (exact) mass is 416 g/mol. The van der Waals surface area contributed by atoms with Crippen molar-refractivity contribution < 1.29 is 19.1 Å². The molecule has 0 spiro atoms. The maximum absolute atomic E-state index is 13.2. The van der Waals surface area contributed by atoms with Gasteiger partial charge >= 0.3 is 0 Å². The van der Waals surface area contributed by atoms with Crippen LogP contribution in [0.3, 0.4) is 0 Å². The number of nitrogens with zero attached hydrogens (tertiary/aromatic N) is 1. The number of carbonyl (C=O) groups is 2. The van der Waals surface area contributed by atoms with E-state index in [0.29, 0.717) is 13.1 Å². The minimum atomic E-state index is -0.388. The lowest BCUT2D eigenvalue weighted by atomic mass is 10.0. The van der Waals surface area contributed by atoms with Gasteiger partial charge in [-0.05, 0) is 42.0 Å². The van der Waals surface area contributed by atoms with Gasteiger partial charge in [0.25, 0.3) is 0 Å². The lowest BCUT2D eigenvalue weighted by Crippen LogP contribution is -2.39. The molecule has 1 aliphatic heterocycles. The van der Waals surface area contributed by atoms with Crippen molar-refractivity contribution in [2.75, 3.05) is 20.3 Å². The molecular formula is C22H28N2O4S. The Bertz CT molecular complexity index is 786. The van der Waals surface area contributed by atoms with Gasteiger partial charge in [0.2, 0.25) is 11.8 Å². The Labute approximate surface area is 175 Å². The third kappa shape index (κ3) is 6.30. The summed E-state index contributed by atoms with van der Waals surface area (Å²) in [4.78, 5) is 28.0. The van der Waals surface area contributed by atoms with Crippen LogP contribution < -0.4 is 10.1 Å². The molecule has 1 aromatic heterocycles. The van der Waals surface area contributed by atoms with Crippen LogP contribution in [0, 0.1) is 0 Å². The second kappa shape index (κ2) is 10.4. The zero-order chi connectivity index (χ0) is 20.6. The highest BCUT2D eigenvalue weighted by atomic mass is 32.1. The molecule has 2 atom stereocenters. The number of hydrogen-bond acceptors (Lipinski definition) is 5. The SMILES string of the molecule is COc1ccc(C(CC(=O)N(Cc2cccs2)CC2CCCO2)NC(C)=O)cc1. The van der Waals surface area contributed by atoms with Crippen molar-refractivity contribution in [2.24, 2.45) is 0 Å². The summed E-state index contributed by atoms with van der Waals surface area (Å²) in [5.41, 5.74) is 0.877. The smallest absolute Gasteiger partial charge is 0.225 e. The highest BCUT2D eigenvalue weighted by Crippen LogP contribution is 2.23. The number of nitrogens with one attached hydrogen (secondary N) is 1. The molecule has 2 unspecified atom stereocenters. The van der Waals surface area contributed by atoms with Gasteiger partial charge in [0, 0.05) is 25.0 Å². The average Bonchev–Trinajstić information content (AvgIpc) is 3.41. The summed E-state index contributed by atoms with van der Waals surface area (Å²) < 4.78 is 11.0. The molecule has 0 aliphatic carbocycles. The number of thiophene rings is 1. The number of ether oxygens (including phenoxy) is 2. The Hall–Kier alpha value is -2.38. The highest BCUT2D eigenvalue weighted by Gasteiger charge is 2.26. The van der Waals surface area contributed by atoms with Crippen molar-refractivity contribution in [2.45, 2.75) is 44.9 Å². The number of benzene rings is 1. The van der Waals surface area contributed by atoms with E-state index in [2.05, 4.69) is 5.32 Å². The Kier molecular flexibility index (Phi) is 7.66. The third-order valence-electron chi connectivity index (χ3n) is 5.00. The van der Waals surface area contributed by atoms with Crippen LogP contribution in [0.1, 0.15) is 42.7 Å². The molecule has 2 heterocycles. The average molecular weight is 417 g/mol. The first-order chi connectivity index (χ1) is 14.0. The van der Waals surface area contributed by atoms with Crippen molar-refractivity contribution in [3.8, 4) is 5.75 Å². The summed E-state index contributed by atoms with van der Waals surface area (Å²) in [5.74, 6) is 0.574. The molecule has 3 rings (SSSR count). The van der Waals surface area contributed by atoms with E-state index in [-0.39, 0.29) is 30.4 Å².